The molecule has 0 saturated carbocycles. The van der Waals surface area contributed by atoms with Crippen LogP contribution in [0.2, 0.25) is 0 Å². The summed E-state index contributed by atoms with van der Waals surface area (Å²) in [6, 6.07) is 10.3. The molecule has 0 heterocycles. The molecule has 0 saturated heterocycles. The maximum atomic E-state index is 5.72. The molecule has 0 aliphatic heterocycles. The van der Waals surface area contributed by atoms with E-state index in [0.29, 0.717) is 25.0 Å². The van der Waals surface area contributed by atoms with E-state index in [2.05, 4.69) is 26.0 Å². The number of hydrogen-bond donors (Lipinski definition) is 1. The van der Waals surface area contributed by atoms with Gasteiger partial charge in [0.25, 0.3) is 0 Å². The van der Waals surface area contributed by atoms with Crippen molar-refractivity contribution in [3.05, 3.63) is 35.9 Å². The van der Waals surface area contributed by atoms with Crippen LogP contribution in [0.5, 0.6) is 0 Å². The molecule has 0 fully saturated rings. The Morgan fingerprint density at radius 1 is 1.19 bits per heavy atom. The molecule has 1 unspecified atom stereocenters. The molecule has 0 radical (unpaired) electrons. The van der Waals surface area contributed by atoms with E-state index in [1.54, 1.807) is 0 Å². The normalized spacial score (nSPS) is 13.0. The zero-order valence-electron chi connectivity index (χ0n) is 10.4. The monoisotopic (exact) mass is 221 g/mol. The molecule has 1 aromatic rings. The molecule has 90 valence electrons. The summed E-state index contributed by atoms with van der Waals surface area (Å²) in [5.74, 6) is 1.18. The van der Waals surface area contributed by atoms with Crippen molar-refractivity contribution in [3.8, 4) is 0 Å². The van der Waals surface area contributed by atoms with Gasteiger partial charge in [0.1, 0.15) is 0 Å². The fourth-order valence-corrected chi connectivity index (χ4v) is 1.82. The maximum absolute atomic E-state index is 5.72. The van der Waals surface area contributed by atoms with Gasteiger partial charge in [-0.25, -0.2) is 0 Å². The van der Waals surface area contributed by atoms with Crippen molar-refractivity contribution in [2.75, 3.05) is 13.2 Å². The van der Waals surface area contributed by atoms with E-state index in [1.807, 2.05) is 18.2 Å². The van der Waals surface area contributed by atoms with Crippen LogP contribution in [0.15, 0.2) is 30.3 Å². The number of ether oxygens (including phenoxy) is 1. The highest BCUT2D eigenvalue weighted by Crippen LogP contribution is 2.11. The van der Waals surface area contributed by atoms with Crippen molar-refractivity contribution in [1.29, 1.82) is 0 Å². The summed E-state index contributed by atoms with van der Waals surface area (Å²) in [4.78, 5) is 0. The predicted molar refractivity (Wildman–Crippen MR) is 68.1 cm³/mol. The van der Waals surface area contributed by atoms with Crippen molar-refractivity contribution in [1.82, 2.24) is 0 Å². The second kappa shape index (κ2) is 7.42. The van der Waals surface area contributed by atoms with Crippen molar-refractivity contribution < 1.29 is 4.74 Å². The molecule has 0 spiro atoms. The van der Waals surface area contributed by atoms with E-state index in [-0.39, 0.29) is 0 Å². The zero-order chi connectivity index (χ0) is 11.8. The number of benzene rings is 1. The Kier molecular flexibility index (Phi) is 6.12. The van der Waals surface area contributed by atoms with Crippen LogP contribution in [0, 0.1) is 11.8 Å². The van der Waals surface area contributed by atoms with E-state index in [0.717, 1.165) is 13.0 Å². The van der Waals surface area contributed by atoms with Crippen LogP contribution in [0.3, 0.4) is 0 Å². The lowest BCUT2D eigenvalue weighted by Gasteiger charge is -2.17. The van der Waals surface area contributed by atoms with Crippen LogP contribution < -0.4 is 5.73 Å². The van der Waals surface area contributed by atoms with Crippen LogP contribution in [-0.2, 0) is 11.3 Å². The molecular weight excluding hydrogens is 198 g/mol. The van der Waals surface area contributed by atoms with Gasteiger partial charge in [0.05, 0.1) is 13.2 Å². The molecule has 2 nitrogen and oxygen atoms in total. The summed E-state index contributed by atoms with van der Waals surface area (Å²) >= 11 is 0. The van der Waals surface area contributed by atoms with Crippen molar-refractivity contribution in [2.24, 2.45) is 17.6 Å². The van der Waals surface area contributed by atoms with Gasteiger partial charge in [-0.05, 0) is 30.4 Å². The molecule has 2 heteroatoms. The molecule has 1 aromatic carbocycles. The Morgan fingerprint density at radius 3 is 2.44 bits per heavy atom. The summed E-state index contributed by atoms with van der Waals surface area (Å²) in [6.45, 7) is 6.62. The Hall–Kier alpha value is -0.860. The summed E-state index contributed by atoms with van der Waals surface area (Å²) < 4.78 is 5.69. The first-order chi connectivity index (χ1) is 7.72. The van der Waals surface area contributed by atoms with Crippen LogP contribution in [0.4, 0.5) is 0 Å². The van der Waals surface area contributed by atoms with E-state index in [1.165, 1.54) is 5.56 Å². The van der Waals surface area contributed by atoms with E-state index >= 15 is 0 Å². The first kappa shape index (κ1) is 13.2. The molecule has 16 heavy (non-hydrogen) atoms. The predicted octanol–water partition coefficient (Wildman–Crippen LogP) is 2.82. The average molecular weight is 221 g/mol. The zero-order valence-corrected chi connectivity index (χ0v) is 10.4. The van der Waals surface area contributed by atoms with Crippen LogP contribution in [0.1, 0.15) is 25.8 Å². The highest BCUT2D eigenvalue weighted by Gasteiger charge is 2.09. The second-order valence-electron chi connectivity index (χ2n) is 4.73. The van der Waals surface area contributed by atoms with Crippen LogP contribution >= 0.6 is 0 Å². The Morgan fingerprint density at radius 2 is 1.88 bits per heavy atom. The fraction of sp³-hybridized carbons (Fsp3) is 0.571. The van der Waals surface area contributed by atoms with Gasteiger partial charge in [-0.3, -0.25) is 0 Å². The van der Waals surface area contributed by atoms with Crippen molar-refractivity contribution in [2.45, 2.75) is 26.9 Å². The van der Waals surface area contributed by atoms with E-state index < -0.39 is 0 Å². The van der Waals surface area contributed by atoms with Gasteiger partial charge < -0.3 is 10.5 Å². The lowest BCUT2D eigenvalue weighted by atomic mass is 9.98. The topological polar surface area (TPSA) is 35.2 Å². The van der Waals surface area contributed by atoms with Gasteiger partial charge in [-0.15, -0.1) is 0 Å². The van der Waals surface area contributed by atoms with Gasteiger partial charge in [0.15, 0.2) is 0 Å². The lowest BCUT2D eigenvalue weighted by molar-refractivity contribution is 0.0824. The largest absolute Gasteiger partial charge is 0.376 e. The Bertz CT molecular complexity index is 271. The fourth-order valence-electron chi connectivity index (χ4n) is 1.82. The van der Waals surface area contributed by atoms with Gasteiger partial charge in [-0.2, -0.15) is 0 Å². The smallest absolute Gasteiger partial charge is 0.0717 e. The maximum Gasteiger partial charge on any atom is 0.0717 e. The van der Waals surface area contributed by atoms with Crippen molar-refractivity contribution in [3.63, 3.8) is 0 Å². The first-order valence-electron chi connectivity index (χ1n) is 6.04. The number of nitrogens with two attached hydrogens (primary N) is 1. The third-order valence-electron chi connectivity index (χ3n) is 2.60. The molecule has 0 amide bonds. The molecule has 0 aliphatic carbocycles. The minimum absolute atomic E-state index is 0.490. The molecule has 0 aliphatic rings. The molecular formula is C14H23NO. The minimum Gasteiger partial charge on any atom is -0.376 e. The third-order valence-corrected chi connectivity index (χ3v) is 2.60. The van der Waals surface area contributed by atoms with Gasteiger partial charge in [-0.1, -0.05) is 44.2 Å². The number of hydrogen-bond acceptors (Lipinski definition) is 2. The summed E-state index contributed by atoms with van der Waals surface area (Å²) in [5.41, 5.74) is 6.95. The first-order valence-corrected chi connectivity index (χ1v) is 6.04. The quantitative estimate of drug-likeness (QED) is 0.768. The van der Waals surface area contributed by atoms with Crippen molar-refractivity contribution >= 4 is 0 Å². The van der Waals surface area contributed by atoms with Gasteiger partial charge in [0, 0.05) is 0 Å². The summed E-state index contributed by atoms with van der Waals surface area (Å²) in [7, 11) is 0. The minimum atomic E-state index is 0.490. The Labute approximate surface area is 98.8 Å². The SMILES string of the molecule is CC(C)CC(CN)COCc1ccccc1. The van der Waals surface area contributed by atoms with Crippen LogP contribution in [-0.4, -0.2) is 13.2 Å². The summed E-state index contributed by atoms with van der Waals surface area (Å²) in [5, 5.41) is 0. The highest BCUT2D eigenvalue weighted by molar-refractivity contribution is 5.13. The Balaban J connectivity index is 2.23. The van der Waals surface area contributed by atoms with E-state index in [4.69, 9.17) is 10.5 Å². The number of rotatable bonds is 7. The van der Waals surface area contributed by atoms with Gasteiger partial charge in [0.2, 0.25) is 0 Å². The summed E-state index contributed by atoms with van der Waals surface area (Å²) in [6.07, 6.45) is 1.14. The molecule has 0 aromatic heterocycles. The highest BCUT2D eigenvalue weighted by atomic mass is 16.5. The molecule has 1 atom stereocenters. The average Bonchev–Trinajstić information content (AvgIpc) is 2.28. The van der Waals surface area contributed by atoms with Gasteiger partial charge >= 0.3 is 0 Å². The van der Waals surface area contributed by atoms with Crippen LogP contribution in [0.25, 0.3) is 0 Å². The third kappa shape index (κ3) is 5.29. The second-order valence-corrected chi connectivity index (χ2v) is 4.73. The van der Waals surface area contributed by atoms with E-state index in [9.17, 15) is 0 Å². The standard InChI is InChI=1S/C14H23NO/c1-12(2)8-14(9-15)11-16-10-13-6-4-3-5-7-13/h3-7,12,14H,8-11,15H2,1-2H3. The molecule has 1 rings (SSSR count). The lowest BCUT2D eigenvalue weighted by Crippen LogP contribution is -2.21. The molecule has 2 N–H and O–H groups in total. The molecule has 0 bridgehead atoms.